The summed E-state index contributed by atoms with van der Waals surface area (Å²) in [4.78, 5) is 25.1. The summed E-state index contributed by atoms with van der Waals surface area (Å²) in [6.45, 7) is 1.70. The Labute approximate surface area is 169 Å². The van der Waals surface area contributed by atoms with Crippen molar-refractivity contribution in [3.63, 3.8) is 0 Å². The van der Waals surface area contributed by atoms with Gasteiger partial charge >= 0.3 is 0 Å². The lowest BCUT2D eigenvalue weighted by atomic mass is 10.1. The maximum absolute atomic E-state index is 13.0. The summed E-state index contributed by atoms with van der Waals surface area (Å²) in [5.41, 5.74) is 0.796. The number of anilines is 1. The van der Waals surface area contributed by atoms with Crippen LogP contribution < -0.4 is 19.1 Å². The van der Waals surface area contributed by atoms with Crippen LogP contribution in [0.5, 0.6) is 11.5 Å². The van der Waals surface area contributed by atoms with Gasteiger partial charge in [-0.15, -0.1) is 0 Å². The van der Waals surface area contributed by atoms with E-state index in [9.17, 15) is 18.0 Å². The first-order chi connectivity index (χ1) is 13.8. The predicted molar refractivity (Wildman–Crippen MR) is 106 cm³/mol. The first kappa shape index (κ1) is 20.8. The molecule has 2 aromatic rings. The van der Waals surface area contributed by atoms with Gasteiger partial charge in [0.1, 0.15) is 11.5 Å². The van der Waals surface area contributed by atoms with Gasteiger partial charge in [-0.05, 0) is 31.2 Å². The zero-order valence-corrected chi connectivity index (χ0v) is 17.2. The molecule has 1 saturated heterocycles. The number of hydrogen-bond donors (Lipinski definition) is 1. The number of ether oxygens (including phenoxy) is 2. The molecule has 1 atom stereocenters. The van der Waals surface area contributed by atoms with Crippen LogP contribution in [0.4, 0.5) is 5.69 Å². The molecule has 29 heavy (non-hydrogen) atoms. The first-order valence-electron chi connectivity index (χ1n) is 8.97. The van der Waals surface area contributed by atoms with Crippen LogP contribution in [0.2, 0.25) is 0 Å². The van der Waals surface area contributed by atoms with Gasteiger partial charge in [0.15, 0.2) is 0 Å². The molecular weight excluding hydrogens is 396 g/mol. The van der Waals surface area contributed by atoms with Crippen LogP contribution in [0.3, 0.4) is 0 Å². The van der Waals surface area contributed by atoms with Crippen molar-refractivity contribution in [2.24, 2.45) is 0 Å². The van der Waals surface area contributed by atoms with E-state index < -0.39 is 27.9 Å². The third-order valence-corrected chi connectivity index (χ3v) is 6.23. The van der Waals surface area contributed by atoms with Crippen molar-refractivity contribution in [3.05, 3.63) is 48.0 Å². The molecule has 2 aromatic carbocycles. The summed E-state index contributed by atoms with van der Waals surface area (Å²) in [6.07, 6.45) is 0.171. The normalized spacial score (nSPS) is 15.5. The van der Waals surface area contributed by atoms with Gasteiger partial charge in [0.25, 0.3) is 0 Å². The molecule has 0 bridgehead atoms. The summed E-state index contributed by atoms with van der Waals surface area (Å²) in [5, 5.41) is 0. The molecule has 3 rings (SSSR count). The van der Waals surface area contributed by atoms with Crippen molar-refractivity contribution in [2.75, 3.05) is 19.1 Å². The number of benzene rings is 2. The monoisotopic (exact) mass is 418 g/mol. The highest BCUT2D eigenvalue weighted by molar-refractivity contribution is 7.89. The molecule has 9 heteroatoms. The number of nitrogens with zero attached hydrogens (tertiary/aromatic N) is 1. The lowest BCUT2D eigenvalue weighted by Gasteiger charge is -2.20. The van der Waals surface area contributed by atoms with E-state index in [1.54, 1.807) is 31.2 Å². The third-order valence-electron chi connectivity index (χ3n) is 4.69. The van der Waals surface area contributed by atoms with E-state index in [0.29, 0.717) is 11.3 Å². The standard InChI is InChI=1S/C20H22N2O6S/c1-13(15-6-4-5-7-17(15)27-2)21-29(25,26)14-8-9-18(28-3)16(12-14)22-19(23)10-11-20(22)24/h4-9,12-13,21H,10-11H2,1-3H3/t13-/m0/s1. The topological polar surface area (TPSA) is 102 Å². The Hall–Kier alpha value is -2.91. The third kappa shape index (κ3) is 4.10. The largest absolute Gasteiger partial charge is 0.496 e. The SMILES string of the molecule is COc1ccccc1[C@H](C)NS(=O)(=O)c1ccc(OC)c(N2C(=O)CCC2=O)c1. The lowest BCUT2D eigenvalue weighted by Crippen LogP contribution is -2.30. The average Bonchev–Trinajstić information content (AvgIpc) is 3.05. The Balaban J connectivity index is 1.96. The van der Waals surface area contributed by atoms with Crippen LogP contribution in [-0.2, 0) is 19.6 Å². The Morgan fingerprint density at radius 2 is 1.59 bits per heavy atom. The van der Waals surface area contributed by atoms with Gasteiger partial charge < -0.3 is 9.47 Å². The van der Waals surface area contributed by atoms with Crippen LogP contribution in [0.15, 0.2) is 47.4 Å². The Morgan fingerprint density at radius 3 is 2.21 bits per heavy atom. The molecule has 0 radical (unpaired) electrons. The minimum Gasteiger partial charge on any atom is -0.496 e. The van der Waals surface area contributed by atoms with Crippen LogP contribution in [0.25, 0.3) is 0 Å². The molecule has 1 aliphatic heterocycles. The summed E-state index contributed by atoms with van der Waals surface area (Å²) >= 11 is 0. The number of hydrogen-bond acceptors (Lipinski definition) is 6. The van der Waals surface area contributed by atoms with Crippen molar-refractivity contribution in [2.45, 2.75) is 30.7 Å². The number of para-hydroxylation sites is 1. The van der Waals surface area contributed by atoms with E-state index >= 15 is 0 Å². The van der Waals surface area contributed by atoms with Crippen molar-refractivity contribution in [3.8, 4) is 11.5 Å². The minimum atomic E-state index is -3.96. The highest BCUT2D eigenvalue weighted by atomic mass is 32.2. The highest BCUT2D eigenvalue weighted by Gasteiger charge is 2.33. The van der Waals surface area contributed by atoms with Gasteiger partial charge in [0.05, 0.1) is 24.8 Å². The van der Waals surface area contributed by atoms with Crippen LogP contribution in [-0.4, -0.2) is 34.5 Å². The van der Waals surface area contributed by atoms with E-state index in [2.05, 4.69) is 4.72 Å². The van der Waals surface area contributed by atoms with Gasteiger partial charge in [-0.25, -0.2) is 18.0 Å². The smallest absolute Gasteiger partial charge is 0.241 e. The van der Waals surface area contributed by atoms with Gasteiger partial charge in [-0.2, -0.15) is 0 Å². The zero-order chi connectivity index (χ0) is 21.2. The summed E-state index contributed by atoms with van der Waals surface area (Å²) < 4.78 is 39.1. The predicted octanol–water partition coefficient (Wildman–Crippen LogP) is 2.40. The number of rotatable bonds is 7. The fraction of sp³-hybridized carbons (Fsp3) is 0.300. The second-order valence-electron chi connectivity index (χ2n) is 6.54. The number of amides is 2. The van der Waals surface area contributed by atoms with Gasteiger partial charge in [-0.1, -0.05) is 18.2 Å². The molecular formula is C20H22N2O6S. The highest BCUT2D eigenvalue weighted by Crippen LogP contribution is 2.35. The number of imide groups is 1. The molecule has 1 fully saturated rings. The molecule has 2 amide bonds. The van der Waals surface area contributed by atoms with Gasteiger partial charge in [0, 0.05) is 24.4 Å². The summed E-state index contributed by atoms with van der Waals surface area (Å²) in [7, 11) is -1.05. The second-order valence-corrected chi connectivity index (χ2v) is 8.26. The van der Waals surface area contributed by atoms with E-state index in [-0.39, 0.29) is 29.2 Å². The molecule has 0 spiro atoms. The number of carbonyl (C=O) groups excluding carboxylic acids is 2. The molecule has 1 aliphatic rings. The average molecular weight is 418 g/mol. The maximum atomic E-state index is 13.0. The van der Waals surface area contributed by atoms with Crippen molar-refractivity contribution < 1.29 is 27.5 Å². The van der Waals surface area contributed by atoms with Gasteiger partial charge in [0.2, 0.25) is 21.8 Å². The number of nitrogens with one attached hydrogen (secondary N) is 1. The van der Waals surface area contributed by atoms with E-state index in [1.165, 1.54) is 32.4 Å². The van der Waals surface area contributed by atoms with Crippen molar-refractivity contribution in [1.29, 1.82) is 0 Å². The molecule has 0 saturated carbocycles. The fourth-order valence-electron chi connectivity index (χ4n) is 3.25. The molecule has 0 unspecified atom stereocenters. The second kappa shape index (κ2) is 8.22. The van der Waals surface area contributed by atoms with E-state index in [4.69, 9.17) is 9.47 Å². The number of carbonyl (C=O) groups is 2. The molecule has 0 aromatic heterocycles. The number of methoxy groups -OCH3 is 2. The minimum absolute atomic E-state index is 0.0810. The summed E-state index contributed by atoms with van der Waals surface area (Å²) in [5.74, 6) is 0.0214. The zero-order valence-electron chi connectivity index (χ0n) is 16.3. The quantitative estimate of drug-likeness (QED) is 0.693. The Morgan fingerprint density at radius 1 is 0.966 bits per heavy atom. The van der Waals surface area contributed by atoms with Crippen molar-refractivity contribution in [1.82, 2.24) is 4.72 Å². The Bertz CT molecular complexity index is 1030. The van der Waals surface area contributed by atoms with Crippen LogP contribution in [0.1, 0.15) is 31.4 Å². The Kier molecular flexibility index (Phi) is 5.90. The molecule has 1 heterocycles. The molecule has 154 valence electrons. The summed E-state index contributed by atoms with van der Waals surface area (Å²) in [6, 6.07) is 10.6. The molecule has 8 nitrogen and oxygen atoms in total. The lowest BCUT2D eigenvalue weighted by molar-refractivity contribution is -0.121. The van der Waals surface area contributed by atoms with Gasteiger partial charge in [-0.3, -0.25) is 9.59 Å². The van der Waals surface area contributed by atoms with Crippen molar-refractivity contribution >= 4 is 27.5 Å². The van der Waals surface area contributed by atoms with E-state index in [1.807, 2.05) is 0 Å². The van der Waals surface area contributed by atoms with E-state index in [0.717, 1.165) is 4.90 Å². The van der Waals surface area contributed by atoms with Crippen LogP contribution in [0, 0.1) is 0 Å². The molecule has 0 aliphatic carbocycles. The number of sulfonamides is 1. The fourth-order valence-corrected chi connectivity index (χ4v) is 4.49. The van der Waals surface area contributed by atoms with Crippen LogP contribution >= 0.6 is 0 Å². The first-order valence-corrected chi connectivity index (χ1v) is 10.5. The molecule has 1 N–H and O–H groups in total. The maximum Gasteiger partial charge on any atom is 0.241 e.